The first-order valence-corrected chi connectivity index (χ1v) is 3.72. The Morgan fingerprint density at radius 2 is 2.31 bits per heavy atom. The zero-order chi connectivity index (χ0) is 10.1. The maximum atomic E-state index is 11.7. The van der Waals surface area contributed by atoms with Gasteiger partial charge in [0.05, 0.1) is 6.61 Å². The maximum Gasteiger partial charge on any atom is 0.257 e. The first-order chi connectivity index (χ1) is 6.20. The number of ether oxygens (including phenoxy) is 1. The minimum atomic E-state index is -2.47. The number of nitrogens with two attached hydrogens (primary N) is 1. The second-order valence-corrected chi connectivity index (χ2v) is 2.14. The number of nitrogens with one attached hydrogen (secondary N) is 2. The largest absolute Gasteiger partial charge is 0.383 e. The highest BCUT2D eigenvalue weighted by Crippen LogP contribution is 1.90. The summed E-state index contributed by atoms with van der Waals surface area (Å²) in [5, 5.41) is 2.68. The lowest BCUT2D eigenvalue weighted by Gasteiger charge is -2.07. The minimum absolute atomic E-state index is 0.136. The monoisotopic (exact) mass is 196 g/mol. The van der Waals surface area contributed by atoms with Crippen LogP contribution in [0.3, 0.4) is 0 Å². The van der Waals surface area contributed by atoms with Crippen LogP contribution in [0.15, 0.2) is 4.99 Å². The zero-order valence-corrected chi connectivity index (χ0v) is 7.39. The fourth-order valence-corrected chi connectivity index (χ4v) is 0.584. The van der Waals surface area contributed by atoms with Crippen LogP contribution in [-0.2, 0) is 4.74 Å². The molecule has 78 valence electrons. The van der Waals surface area contributed by atoms with Gasteiger partial charge in [0, 0.05) is 13.7 Å². The number of hydrazine groups is 1. The van der Waals surface area contributed by atoms with Gasteiger partial charge in [-0.15, -0.1) is 0 Å². The van der Waals surface area contributed by atoms with Gasteiger partial charge in [-0.3, -0.25) is 5.43 Å². The van der Waals surface area contributed by atoms with Crippen molar-refractivity contribution in [2.24, 2.45) is 10.8 Å². The average Bonchev–Trinajstić information content (AvgIpc) is 2.10. The standard InChI is InChI=1S/C6H14F2N4O/c1-13-3-2-10-6(12-9)11-4-5(7)8/h5H,2-4,9H2,1H3,(H2,10,11,12). The molecule has 0 amide bonds. The molecule has 7 heteroatoms. The molecule has 0 atom stereocenters. The number of rotatable bonds is 5. The average molecular weight is 196 g/mol. The van der Waals surface area contributed by atoms with Crippen molar-refractivity contribution in [3.8, 4) is 0 Å². The number of halogens is 2. The van der Waals surface area contributed by atoms with Gasteiger partial charge in [0.15, 0.2) is 0 Å². The summed E-state index contributed by atoms with van der Waals surface area (Å²) >= 11 is 0. The molecule has 13 heavy (non-hydrogen) atoms. The van der Waals surface area contributed by atoms with Crippen molar-refractivity contribution < 1.29 is 13.5 Å². The number of nitrogens with zero attached hydrogens (tertiary/aromatic N) is 1. The summed E-state index contributed by atoms with van der Waals surface area (Å²) in [6, 6.07) is 0. The molecule has 0 fully saturated rings. The molecular weight excluding hydrogens is 182 g/mol. The van der Waals surface area contributed by atoms with Gasteiger partial charge in [-0.2, -0.15) is 0 Å². The fourth-order valence-electron chi connectivity index (χ4n) is 0.584. The molecule has 0 aromatic heterocycles. The van der Waals surface area contributed by atoms with E-state index in [4.69, 9.17) is 10.6 Å². The van der Waals surface area contributed by atoms with E-state index in [1.54, 1.807) is 0 Å². The van der Waals surface area contributed by atoms with Gasteiger partial charge in [0.25, 0.3) is 6.43 Å². The van der Waals surface area contributed by atoms with Crippen LogP contribution in [0.1, 0.15) is 0 Å². The normalized spacial score (nSPS) is 11.9. The van der Waals surface area contributed by atoms with E-state index in [0.29, 0.717) is 13.2 Å². The first kappa shape index (κ1) is 12.0. The molecule has 0 bridgehead atoms. The number of aliphatic imine (C=N–C) groups is 1. The molecule has 0 saturated carbocycles. The molecule has 0 aliphatic carbocycles. The van der Waals surface area contributed by atoms with Crippen LogP contribution in [-0.4, -0.2) is 39.2 Å². The molecule has 0 aromatic rings. The van der Waals surface area contributed by atoms with Crippen molar-refractivity contribution in [2.75, 3.05) is 26.8 Å². The quantitative estimate of drug-likeness (QED) is 0.179. The summed E-state index contributed by atoms with van der Waals surface area (Å²) in [7, 11) is 1.54. The fraction of sp³-hybridized carbons (Fsp3) is 0.833. The third-order valence-corrected chi connectivity index (χ3v) is 1.12. The third kappa shape index (κ3) is 7.41. The van der Waals surface area contributed by atoms with Crippen LogP contribution >= 0.6 is 0 Å². The maximum absolute atomic E-state index is 11.7. The van der Waals surface area contributed by atoms with Crippen LogP contribution in [0, 0.1) is 0 Å². The van der Waals surface area contributed by atoms with E-state index < -0.39 is 13.0 Å². The lowest BCUT2D eigenvalue weighted by Crippen LogP contribution is -2.43. The van der Waals surface area contributed by atoms with E-state index in [2.05, 4.69) is 15.7 Å². The van der Waals surface area contributed by atoms with E-state index in [1.807, 2.05) is 0 Å². The third-order valence-electron chi connectivity index (χ3n) is 1.12. The lowest BCUT2D eigenvalue weighted by atomic mass is 10.6. The van der Waals surface area contributed by atoms with Crippen molar-refractivity contribution in [2.45, 2.75) is 6.43 Å². The number of hydrogen-bond acceptors (Lipinski definition) is 3. The number of alkyl halides is 2. The van der Waals surface area contributed by atoms with Crippen LogP contribution in [0.4, 0.5) is 8.78 Å². The van der Waals surface area contributed by atoms with Crippen LogP contribution in [0.2, 0.25) is 0 Å². The molecule has 0 rings (SSSR count). The Morgan fingerprint density at radius 1 is 1.62 bits per heavy atom. The van der Waals surface area contributed by atoms with Crippen molar-refractivity contribution in [1.82, 2.24) is 10.7 Å². The van der Waals surface area contributed by atoms with Crippen LogP contribution in [0.5, 0.6) is 0 Å². The van der Waals surface area contributed by atoms with E-state index in [1.165, 1.54) is 7.11 Å². The lowest BCUT2D eigenvalue weighted by molar-refractivity contribution is 0.158. The van der Waals surface area contributed by atoms with Crippen LogP contribution in [0.25, 0.3) is 0 Å². The SMILES string of the molecule is COCCNC(=NCC(F)F)NN. The molecule has 0 aliphatic rings. The molecule has 0 radical (unpaired) electrons. The van der Waals surface area contributed by atoms with Crippen molar-refractivity contribution in [3.63, 3.8) is 0 Å². The molecule has 0 saturated heterocycles. The van der Waals surface area contributed by atoms with E-state index >= 15 is 0 Å². The predicted octanol–water partition coefficient (Wildman–Crippen LogP) is -0.693. The Hall–Kier alpha value is -0.950. The molecule has 0 spiro atoms. The topological polar surface area (TPSA) is 71.7 Å². The van der Waals surface area contributed by atoms with Gasteiger partial charge < -0.3 is 10.1 Å². The highest BCUT2D eigenvalue weighted by molar-refractivity contribution is 5.79. The summed E-state index contributed by atoms with van der Waals surface area (Å²) in [6.45, 7) is 0.345. The van der Waals surface area contributed by atoms with Gasteiger partial charge in [-0.25, -0.2) is 19.6 Å². The second kappa shape index (κ2) is 7.69. The van der Waals surface area contributed by atoms with E-state index in [0.717, 1.165) is 0 Å². The molecule has 5 nitrogen and oxygen atoms in total. The molecule has 0 heterocycles. The van der Waals surface area contributed by atoms with Crippen LogP contribution < -0.4 is 16.6 Å². The van der Waals surface area contributed by atoms with Gasteiger partial charge in [-0.1, -0.05) is 0 Å². The number of guanidine groups is 1. The summed E-state index contributed by atoms with van der Waals surface area (Å²) in [6.07, 6.45) is -2.47. The van der Waals surface area contributed by atoms with Crippen molar-refractivity contribution >= 4 is 5.96 Å². The summed E-state index contributed by atoms with van der Waals surface area (Å²) in [5.41, 5.74) is 2.17. The van der Waals surface area contributed by atoms with Crippen molar-refractivity contribution in [3.05, 3.63) is 0 Å². The van der Waals surface area contributed by atoms with E-state index in [9.17, 15) is 8.78 Å². The highest BCUT2D eigenvalue weighted by Gasteiger charge is 2.01. The van der Waals surface area contributed by atoms with Gasteiger partial charge in [-0.05, 0) is 0 Å². The Kier molecular flexibility index (Phi) is 7.12. The molecular formula is C6H14F2N4O. The molecule has 0 aromatic carbocycles. The van der Waals surface area contributed by atoms with E-state index in [-0.39, 0.29) is 5.96 Å². The summed E-state index contributed by atoms with van der Waals surface area (Å²) < 4.78 is 28.1. The molecule has 4 N–H and O–H groups in total. The first-order valence-electron chi connectivity index (χ1n) is 3.72. The summed E-state index contributed by atoms with van der Waals surface area (Å²) in [4.78, 5) is 3.48. The predicted molar refractivity (Wildman–Crippen MR) is 45.5 cm³/mol. The minimum Gasteiger partial charge on any atom is -0.383 e. The highest BCUT2D eigenvalue weighted by atomic mass is 19.3. The molecule has 0 unspecified atom stereocenters. The van der Waals surface area contributed by atoms with Gasteiger partial charge in [0.1, 0.15) is 6.54 Å². The smallest absolute Gasteiger partial charge is 0.257 e. The Bertz CT molecular complexity index is 154. The summed E-state index contributed by atoms with van der Waals surface area (Å²) in [5.74, 6) is 5.15. The number of hydrogen-bond donors (Lipinski definition) is 3. The Morgan fingerprint density at radius 3 is 2.77 bits per heavy atom. The zero-order valence-electron chi connectivity index (χ0n) is 7.39. The van der Waals surface area contributed by atoms with Crippen molar-refractivity contribution in [1.29, 1.82) is 0 Å². The Balaban J connectivity index is 3.67. The molecule has 0 aliphatic heterocycles. The van der Waals surface area contributed by atoms with Gasteiger partial charge >= 0.3 is 0 Å². The number of methoxy groups -OCH3 is 1. The van der Waals surface area contributed by atoms with Gasteiger partial charge in [0.2, 0.25) is 5.96 Å². The Labute approximate surface area is 75.3 Å². The second-order valence-electron chi connectivity index (χ2n) is 2.14.